The van der Waals surface area contributed by atoms with Gasteiger partial charge < -0.3 is 14.9 Å². The minimum absolute atomic E-state index is 0.114. The fourth-order valence-corrected chi connectivity index (χ4v) is 1.77. The molecule has 0 aliphatic carbocycles. The van der Waals surface area contributed by atoms with Crippen molar-refractivity contribution >= 4 is 5.69 Å². The Morgan fingerprint density at radius 3 is 2.57 bits per heavy atom. The molecule has 0 aliphatic rings. The van der Waals surface area contributed by atoms with Crippen LogP contribution in [0.25, 0.3) is 11.5 Å². The molecule has 21 heavy (non-hydrogen) atoms. The van der Waals surface area contributed by atoms with Gasteiger partial charge in [0.1, 0.15) is 11.6 Å². The molecular formula is C15H12FN3O2. The molecule has 5 nitrogen and oxygen atoms in total. The summed E-state index contributed by atoms with van der Waals surface area (Å²) >= 11 is 0. The van der Waals surface area contributed by atoms with Crippen LogP contribution in [0.5, 0.6) is 5.75 Å². The highest BCUT2D eigenvalue weighted by molar-refractivity contribution is 5.52. The molecule has 1 aromatic heterocycles. The summed E-state index contributed by atoms with van der Waals surface area (Å²) in [5, 5.41) is 7.78. The summed E-state index contributed by atoms with van der Waals surface area (Å²) in [7, 11) is 0. The molecule has 0 saturated heterocycles. The molecule has 0 amide bonds. The first kappa shape index (κ1) is 13.1. The lowest BCUT2D eigenvalue weighted by Gasteiger charge is -2.05. The maximum absolute atomic E-state index is 12.9. The van der Waals surface area contributed by atoms with Gasteiger partial charge in [-0.2, -0.15) is 0 Å². The number of hydrogen-bond acceptors (Lipinski definition) is 5. The molecule has 3 aromatic rings. The van der Waals surface area contributed by atoms with Crippen molar-refractivity contribution < 1.29 is 13.5 Å². The number of nitrogen functional groups attached to an aromatic ring is 1. The third-order valence-corrected chi connectivity index (χ3v) is 2.83. The average molecular weight is 285 g/mol. The molecule has 1 heterocycles. The Morgan fingerprint density at radius 1 is 1.05 bits per heavy atom. The fraction of sp³-hybridized carbons (Fsp3) is 0.0667. The van der Waals surface area contributed by atoms with Crippen LogP contribution in [-0.2, 0) is 6.61 Å². The van der Waals surface area contributed by atoms with Crippen LogP contribution in [-0.4, -0.2) is 10.2 Å². The molecule has 6 heteroatoms. The molecule has 0 saturated carbocycles. The fourth-order valence-electron chi connectivity index (χ4n) is 1.77. The van der Waals surface area contributed by atoms with Crippen LogP contribution in [0.3, 0.4) is 0 Å². The van der Waals surface area contributed by atoms with E-state index in [4.69, 9.17) is 14.9 Å². The van der Waals surface area contributed by atoms with Gasteiger partial charge in [-0.05, 0) is 36.4 Å². The molecule has 2 N–H and O–H groups in total. The summed E-state index contributed by atoms with van der Waals surface area (Å²) in [5.74, 6) is 0.868. The highest BCUT2D eigenvalue weighted by Gasteiger charge is 2.09. The Bertz CT molecular complexity index is 741. The highest BCUT2D eigenvalue weighted by atomic mass is 19.1. The van der Waals surface area contributed by atoms with Gasteiger partial charge in [-0.25, -0.2) is 4.39 Å². The average Bonchev–Trinajstić information content (AvgIpc) is 2.96. The number of nitrogens with zero attached hydrogens (tertiary/aromatic N) is 2. The molecule has 0 radical (unpaired) electrons. The predicted molar refractivity (Wildman–Crippen MR) is 74.9 cm³/mol. The highest BCUT2D eigenvalue weighted by Crippen LogP contribution is 2.22. The molecule has 0 aliphatic heterocycles. The van der Waals surface area contributed by atoms with E-state index in [9.17, 15) is 4.39 Å². The van der Waals surface area contributed by atoms with Crippen LogP contribution in [0.15, 0.2) is 52.9 Å². The van der Waals surface area contributed by atoms with Crippen LogP contribution >= 0.6 is 0 Å². The zero-order valence-electron chi connectivity index (χ0n) is 11.0. The van der Waals surface area contributed by atoms with E-state index in [1.807, 2.05) is 12.1 Å². The third-order valence-electron chi connectivity index (χ3n) is 2.83. The van der Waals surface area contributed by atoms with E-state index in [1.165, 1.54) is 12.1 Å². The smallest absolute Gasteiger partial charge is 0.254 e. The van der Waals surface area contributed by atoms with E-state index >= 15 is 0 Å². The molecular weight excluding hydrogens is 273 g/mol. The van der Waals surface area contributed by atoms with Crippen molar-refractivity contribution in [1.82, 2.24) is 10.2 Å². The van der Waals surface area contributed by atoms with Crippen molar-refractivity contribution in [2.24, 2.45) is 0 Å². The molecule has 0 fully saturated rings. The first-order chi connectivity index (χ1) is 10.2. The Balaban J connectivity index is 1.71. The van der Waals surface area contributed by atoms with Gasteiger partial charge in [0, 0.05) is 5.56 Å². The molecule has 0 spiro atoms. The van der Waals surface area contributed by atoms with E-state index in [1.54, 1.807) is 24.3 Å². The Labute approximate surface area is 120 Å². The third kappa shape index (κ3) is 3.00. The van der Waals surface area contributed by atoms with Crippen molar-refractivity contribution in [2.75, 3.05) is 5.73 Å². The zero-order chi connectivity index (χ0) is 14.7. The van der Waals surface area contributed by atoms with Crippen molar-refractivity contribution in [3.8, 4) is 17.2 Å². The summed E-state index contributed by atoms with van der Waals surface area (Å²) in [5.41, 5.74) is 6.95. The Kier molecular flexibility index (Phi) is 3.51. The van der Waals surface area contributed by atoms with Gasteiger partial charge >= 0.3 is 0 Å². The number of aromatic nitrogens is 2. The van der Waals surface area contributed by atoms with Crippen molar-refractivity contribution in [1.29, 1.82) is 0 Å². The van der Waals surface area contributed by atoms with E-state index in [-0.39, 0.29) is 12.4 Å². The van der Waals surface area contributed by atoms with E-state index in [2.05, 4.69) is 10.2 Å². The van der Waals surface area contributed by atoms with E-state index in [0.717, 1.165) is 0 Å². The standard InChI is InChI=1S/C15H12FN3O2/c16-11-7-5-10(6-8-11)15-19-18-14(21-15)9-20-13-4-2-1-3-12(13)17/h1-8H,9,17H2. The molecule has 0 unspecified atom stereocenters. The number of para-hydroxylation sites is 2. The maximum Gasteiger partial charge on any atom is 0.254 e. The molecule has 3 rings (SSSR count). The Morgan fingerprint density at radius 2 is 1.81 bits per heavy atom. The van der Waals surface area contributed by atoms with Crippen molar-refractivity contribution in [3.05, 3.63) is 60.2 Å². The first-order valence-electron chi connectivity index (χ1n) is 6.28. The SMILES string of the molecule is Nc1ccccc1OCc1nnc(-c2ccc(F)cc2)o1. The van der Waals surface area contributed by atoms with Gasteiger partial charge in [0.2, 0.25) is 5.89 Å². The van der Waals surface area contributed by atoms with Crippen LogP contribution < -0.4 is 10.5 Å². The van der Waals surface area contributed by atoms with Crippen LogP contribution in [0.4, 0.5) is 10.1 Å². The maximum atomic E-state index is 12.9. The minimum atomic E-state index is -0.318. The number of ether oxygens (including phenoxy) is 1. The van der Waals surface area contributed by atoms with Gasteiger partial charge in [-0.15, -0.1) is 10.2 Å². The second kappa shape index (κ2) is 5.62. The second-order valence-corrected chi connectivity index (χ2v) is 4.33. The van der Waals surface area contributed by atoms with Gasteiger partial charge in [0.05, 0.1) is 5.69 Å². The zero-order valence-corrected chi connectivity index (χ0v) is 11.0. The number of hydrogen-bond donors (Lipinski definition) is 1. The lowest BCUT2D eigenvalue weighted by molar-refractivity contribution is 0.266. The molecule has 0 bridgehead atoms. The lowest BCUT2D eigenvalue weighted by Crippen LogP contribution is -1.98. The number of nitrogens with two attached hydrogens (primary N) is 1. The Hall–Kier alpha value is -2.89. The van der Waals surface area contributed by atoms with Crippen molar-refractivity contribution in [2.45, 2.75) is 6.61 Å². The monoisotopic (exact) mass is 285 g/mol. The second-order valence-electron chi connectivity index (χ2n) is 4.33. The quantitative estimate of drug-likeness (QED) is 0.746. The van der Waals surface area contributed by atoms with Gasteiger partial charge in [0.15, 0.2) is 6.61 Å². The minimum Gasteiger partial charge on any atom is -0.482 e. The van der Waals surface area contributed by atoms with E-state index in [0.29, 0.717) is 28.8 Å². The first-order valence-corrected chi connectivity index (χ1v) is 6.28. The van der Waals surface area contributed by atoms with Crippen molar-refractivity contribution in [3.63, 3.8) is 0 Å². The molecule has 106 valence electrons. The van der Waals surface area contributed by atoms with Gasteiger partial charge in [-0.3, -0.25) is 0 Å². The summed E-state index contributed by atoms with van der Waals surface area (Å²) in [4.78, 5) is 0. The normalized spacial score (nSPS) is 10.5. The topological polar surface area (TPSA) is 74.2 Å². The molecule has 0 atom stereocenters. The number of halogens is 1. The van der Waals surface area contributed by atoms with Crippen LogP contribution in [0, 0.1) is 5.82 Å². The number of rotatable bonds is 4. The van der Waals surface area contributed by atoms with Gasteiger partial charge in [0.25, 0.3) is 5.89 Å². The van der Waals surface area contributed by atoms with Crippen LogP contribution in [0.2, 0.25) is 0 Å². The lowest BCUT2D eigenvalue weighted by atomic mass is 10.2. The summed E-state index contributed by atoms with van der Waals surface area (Å²) < 4.78 is 23.8. The summed E-state index contributed by atoms with van der Waals surface area (Å²) in [6, 6.07) is 13.0. The molecule has 2 aromatic carbocycles. The predicted octanol–water partition coefficient (Wildman–Crippen LogP) is 3.04. The largest absolute Gasteiger partial charge is 0.482 e. The van der Waals surface area contributed by atoms with E-state index < -0.39 is 0 Å². The number of anilines is 1. The van der Waals surface area contributed by atoms with Crippen LogP contribution in [0.1, 0.15) is 5.89 Å². The number of benzene rings is 2. The summed E-state index contributed by atoms with van der Waals surface area (Å²) in [6.07, 6.45) is 0. The summed E-state index contributed by atoms with van der Waals surface area (Å²) in [6.45, 7) is 0.114. The van der Waals surface area contributed by atoms with Gasteiger partial charge in [-0.1, -0.05) is 12.1 Å².